The van der Waals surface area contributed by atoms with Crippen LogP contribution in [0.1, 0.15) is 43.5 Å². The maximum atomic E-state index is 13.8. The van der Waals surface area contributed by atoms with Crippen molar-refractivity contribution in [3.63, 3.8) is 0 Å². The topological polar surface area (TPSA) is 69.9 Å². The van der Waals surface area contributed by atoms with Gasteiger partial charge in [-0.05, 0) is 95.9 Å². The van der Waals surface area contributed by atoms with Crippen molar-refractivity contribution in [3.05, 3.63) is 130 Å². The molecule has 0 radical (unpaired) electrons. The lowest BCUT2D eigenvalue weighted by Gasteiger charge is -2.25. The van der Waals surface area contributed by atoms with Crippen molar-refractivity contribution in [3.8, 4) is 5.75 Å². The molecule has 3 aromatic carbocycles. The normalized spacial score (nSPS) is 15.1. The van der Waals surface area contributed by atoms with Crippen LogP contribution >= 0.6 is 38.9 Å². The first kappa shape index (κ1) is 29.0. The molecule has 0 fully saturated rings. The van der Waals surface area contributed by atoms with Crippen LogP contribution in [0.25, 0.3) is 6.08 Å². The summed E-state index contributed by atoms with van der Waals surface area (Å²) in [6, 6.07) is 18.0. The number of rotatable bonds is 7. The summed E-state index contributed by atoms with van der Waals surface area (Å²) in [5, 5.41) is 0.545. The summed E-state index contributed by atoms with van der Waals surface area (Å²) in [5.41, 5.74) is 2.86. The van der Waals surface area contributed by atoms with Gasteiger partial charge in [0.15, 0.2) is 4.80 Å². The quantitative estimate of drug-likeness (QED) is 0.219. The van der Waals surface area contributed by atoms with Crippen molar-refractivity contribution >= 4 is 50.9 Å². The van der Waals surface area contributed by atoms with Crippen molar-refractivity contribution in [2.45, 2.75) is 39.5 Å². The number of ether oxygens (including phenoxy) is 2. The molecule has 1 aliphatic rings. The van der Waals surface area contributed by atoms with Gasteiger partial charge in [0.2, 0.25) is 0 Å². The van der Waals surface area contributed by atoms with Gasteiger partial charge in [0, 0.05) is 5.02 Å². The van der Waals surface area contributed by atoms with Crippen LogP contribution in [0.15, 0.2) is 92.3 Å². The minimum absolute atomic E-state index is 0.274. The van der Waals surface area contributed by atoms with Crippen molar-refractivity contribution in [2.24, 2.45) is 4.99 Å². The molecule has 0 saturated heterocycles. The van der Waals surface area contributed by atoms with Gasteiger partial charge in [0.1, 0.15) is 18.2 Å². The Bertz CT molecular complexity index is 1830. The third-order valence-electron chi connectivity index (χ3n) is 6.33. The van der Waals surface area contributed by atoms with Crippen molar-refractivity contribution in [2.75, 3.05) is 0 Å². The molecule has 41 heavy (non-hydrogen) atoms. The first-order chi connectivity index (χ1) is 19.6. The highest BCUT2D eigenvalue weighted by Crippen LogP contribution is 2.32. The number of allylic oxidation sites excluding steroid dienone is 1. The summed E-state index contributed by atoms with van der Waals surface area (Å²) in [7, 11) is 0. The van der Waals surface area contributed by atoms with E-state index in [2.05, 4.69) is 20.9 Å². The van der Waals surface area contributed by atoms with Gasteiger partial charge in [-0.25, -0.2) is 14.2 Å². The molecule has 1 aliphatic heterocycles. The highest BCUT2D eigenvalue weighted by atomic mass is 79.9. The summed E-state index contributed by atoms with van der Waals surface area (Å²) in [4.78, 5) is 32.1. The minimum atomic E-state index is -0.717. The van der Waals surface area contributed by atoms with E-state index in [-0.39, 0.29) is 24.1 Å². The number of carbonyl (C=O) groups excluding carboxylic acids is 1. The van der Waals surface area contributed by atoms with E-state index < -0.39 is 12.0 Å². The Balaban J connectivity index is 1.52. The molecule has 0 aliphatic carbocycles. The van der Waals surface area contributed by atoms with E-state index in [1.807, 2.05) is 12.1 Å². The second-order valence-corrected chi connectivity index (χ2v) is 12.0. The zero-order chi connectivity index (χ0) is 29.3. The predicted octanol–water partition coefficient (Wildman–Crippen LogP) is 6.32. The van der Waals surface area contributed by atoms with Crippen molar-refractivity contribution in [1.82, 2.24) is 4.57 Å². The lowest BCUT2D eigenvalue weighted by Crippen LogP contribution is -2.40. The average molecular weight is 656 g/mol. The number of thiazole rings is 1. The molecule has 10 heteroatoms. The summed E-state index contributed by atoms with van der Waals surface area (Å²) in [6.07, 6.45) is 1.45. The highest BCUT2D eigenvalue weighted by Gasteiger charge is 2.33. The third kappa shape index (κ3) is 6.37. The van der Waals surface area contributed by atoms with E-state index >= 15 is 0 Å². The van der Waals surface area contributed by atoms with Gasteiger partial charge in [-0.1, -0.05) is 53.3 Å². The minimum Gasteiger partial charge on any atom is -0.488 e. The molecule has 4 aromatic rings. The smallest absolute Gasteiger partial charge is 0.338 e. The molecule has 1 aromatic heterocycles. The van der Waals surface area contributed by atoms with Gasteiger partial charge in [-0.15, -0.1) is 0 Å². The maximum absolute atomic E-state index is 13.8. The van der Waals surface area contributed by atoms with Gasteiger partial charge in [0.05, 0.1) is 32.4 Å². The summed E-state index contributed by atoms with van der Waals surface area (Å²) in [5.74, 6) is -0.207. The number of fused-ring (bicyclic) bond motifs is 1. The number of nitrogens with zero attached hydrogens (tertiary/aromatic N) is 2. The van der Waals surface area contributed by atoms with Crippen molar-refractivity contribution < 1.29 is 18.7 Å². The Morgan fingerprint density at radius 2 is 1.85 bits per heavy atom. The van der Waals surface area contributed by atoms with Crippen LogP contribution in [0.5, 0.6) is 5.75 Å². The molecule has 0 unspecified atom stereocenters. The van der Waals surface area contributed by atoms with E-state index in [4.69, 9.17) is 21.1 Å². The zero-order valence-electron chi connectivity index (χ0n) is 22.4. The molecular weight excluding hydrogens is 631 g/mol. The first-order valence-corrected chi connectivity index (χ1v) is 14.7. The van der Waals surface area contributed by atoms with Crippen LogP contribution in [0.2, 0.25) is 5.02 Å². The molecule has 6 nitrogen and oxygen atoms in total. The second kappa shape index (κ2) is 12.1. The van der Waals surface area contributed by atoms with Gasteiger partial charge < -0.3 is 9.47 Å². The number of hydrogen-bond acceptors (Lipinski definition) is 6. The Morgan fingerprint density at radius 1 is 1.15 bits per heavy atom. The van der Waals surface area contributed by atoms with E-state index in [0.717, 1.165) is 16.7 Å². The number of benzene rings is 3. The lowest BCUT2D eigenvalue weighted by molar-refractivity contribution is -0.143. The molecule has 0 bridgehead atoms. The van der Waals surface area contributed by atoms with Crippen molar-refractivity contribution in [1.29, 1.82) is 0 Å². The van der Waals surface area contributed by atoms with Crippen LogP contribution in [-0.4, -0.2) is 16.6 Å². The molecule has 0 amide bonds. The Kier molecular flexibility index (Phi) is 8.58. The molecule has 0 saturated carbocycles. The fraction of sp³-hybridized carbons (Fsp3) is 0.194. The van der Waals surface area contributed by atoms with Gasteiger partial charge in [0.25, 0.3) is 5.56 Å². The molecule has 0 spiro atoms. The number of hydrogen-bond donors (Lipinski definition) is 0. The van der Waals surface area contributed by atoms with E-state index in [9.17, 15) is 14.0 Å². The Morgan fingerprint density at radius 3 is 2.51 bits per heavy atom. The Hall–Kier alpha value is -3.53. The summed E-state index contributed by atoms with van der Waals surface area (Å²) < 4.78 is 27.3. The van der Waals surface area contributed by atoms with Gasteiger partial charge in [-0.2, -0.15) is 0 Å². The number of esters is 1. The fourth-order valence-corrected chi connectivity index (χ4v) is 6.12. The second-order valence-electron chi connectivity index (χ2n) is 9.69. The molecular formula is C31H25BrClFN2O4S. The maximum Gasteiger partial charge on any atom is 0.338 e. The zero-order valence-corrected chi connectivity index (χ0v) is 25.5. The standard InChI is InChI=1S/C31H25BrClFN2O4S/c1-17(2)40-30(38)27-18(3)35-31-36(28(27)21-7-9-22(33)10-8-21)29(37)26(41-31)15-20-6-13-25(24(32)14-20)39-16-19-4-11-23(34)12-5-19/h4-15,17,28H,16H2,1-3H3/b26-15-/t28-/m0/s1. The number of halogens is 3. The Labute approximate surface area is 253 Å². The van der Waals surface area contributed by atoms with Crippen LogP contribution in [0.4, 0.5) is 4.39 Å². The monoisotopic (exact) mass is 654 g/mol. The number of aromatic nitrogens is 1. The molecule has 1 atom stereocenters. The van der Waals surface area contributed by atoms with E-state index in [1.165, 1.54) is 23.5 Å². The fourth-order valence-electron chi connectivity index (χ4n) is 4.44. The van der Waals surface area contributed by atoms with Crippen LogP contribution in [0.3, 0.4) is 0 Å². The largest absolute Gasteiger partial charge is 0.488 e. The highest BCUT2D eigenvalue weighted by molar-refractivity contribution is 9.10. The van der Waals surface area contributed by atoms with E-state index in [1.54, 1.807) is 73.9 Å². The van der Waals surface area contributed by atoms with Gasteiger partial charge >= 0.3 is 5.97 Å². The van der Waals surface area contributed by atoms with E-state index in [0.29, 0.717) is 35.8 Å². The molecule has 210 valence electrons. The van der Waals surface area contributed by atoms with Gasteiger partial charge in [-0.3, -0.25) is 9.36 Å². The van der Waals surface area contributed by atoms with Crippen LogP contribution in [0, 0.1) is 5.82 Å². The van der Waals surface area contributed by atoms with Crippen LogP contribution in [-0.2, 0) is 16.1 Å². The average Bonchev–Trinajstić information content (AvgIpc) is 3.22. The lowest BCUT2D eigenvalue weighted by atomic mass is 9.96. The van der Waals surface area contributed by atoms with Crippen LogP contribution < -0.4 is 19.6 Å². The SMILES string of the molecule is CC1=C(C(=O)OC(C)C)[C@H](c2ccc(Cl)cc2)n2c(s/c(=C\c3ccc(OCc4ccc(F)cc4)c(Br)c3)c2=O)=N1. The number of carbonyl (C=O) groups is 1. The molecule has 2 heterocycles. The summed E-state index contributed by atoms with van der Waals surface area (Å²) in [6.45, 7) is 5.58. The molecule has 0 N–H and O–H groups in total. The summed E-state index contributed by atoms with van der Waals surface area (Å²) >= 11 is 10.9. The predicted molar refractivity (Wildman–Crippen MR) is 161 cm³/mol. The third-order valence-corrected chi connectivity index (χ3v) is 8.19. The first-order valence-electron chi connectivity index (χ1n) is 12.8. The molecule has 5 rings (SSSR count).